The molecule has 0 saturated carbocycles. The van der Waals surface area contributed by atoms with Crippen LogP contribution in [-0.2, 0) is 6.42 Å². The summed E-state index contributed by atoms with van der Waals surface area (Å²) in [6.45, 7) is 0.263. The molecular formula is C20H16ClFN2O3S. The summed E-state index contributed by atoms with van der Waals surface area (Å²) >= 11 is 7.00. The van der Waals surface area contributed by atoms with Crippen molar-refractivity contribution in [2.24, 2.45) is 0 Å². The molecule has 2 aromatic carbocycles. The minimum atomic E-state index is -0.458. The molecule has 0 aliphatic carbocycles. The highest BCUT2D eigenvalue weighted by Gasteiger charge is 2.16. The van der Waals surface area contributed by atoms with Crippen molar-refractivity contribution in [2.75, 3.05) is 11.9 Å². The van der Waals surface area contributed by atoms with E-state index in [0.717, 1.165) is 0 Å². The van der Waals surface area contributed by atoms with Crippen molar-refractivity contribution in [1.29, 1.82) is 0 Å². The molecule has 1 aromatic heterocycles. The minimum absolute atomic E-state index is 0.0593. The Morgan fingerprint density at radius 3 is 2.64 bits per heavy atom. The minimum Gasteiger partial charge on any atom is -0.506 e. The van der Waals surface area contributed by atoms with Gasteiger partial charge in [-0.25, -0.2) is 4.39 Å². The Kier molecular flexibility index (Phi) is 6.28. The summed E-state index contributed by atoms with van der Waals surface area (Å²) in [7, 11) is 0. The maximum absolute atomic E-state index is 13.6. The lowest BCUT2D eigenvalue weighted by atomic mass is 10.1. The number of benzene rings is 2. The quantitative estimate of drug-likeness (QED) is 0.552. The lowest BCUT2D eigenvalue weighted by Crippen LogP contribution is -2.26. The number of anilines is 1. The second-order valence-electron chi connectivity index (χ2n) is 5.88. The number of aromatic hydroxyl groups is 1. The topological polar surface area (TPSA) is 78.4 Å². The molecule has 3 N–H and O–H groups in total. The molecular weight excluding hydrogens is 403 g/mol. The second kappa shape index (κ2) is 8.86. The van der Waals surface area contributed by atoms with E-state index in [-0.39, 0.29) is 34.6 Å². The van der Waals surface area contributed by atoms with E-state index in [1.54, 1.807) is 29.6 Å². The maximum atomic E-state index is 13.6. The smallest absolute Gasteiger partial charge is 0.263 e. The second-order valence-corrected chi connectivity index (χ2v) is 7.20. The highest BCUT2D eigenvalue weighted by atomic mass is 35.5. The number of hydrogen-bond donors (Lipinski definition) is 3. The van der Waals surface area contributed by atoms with Crippen LogP contribution in [0.1, 0.15) is 25.6 Å². The number of phenols is 1. The third kappa shape index (κ3) is 4.68. The van der Waals surface area contributed by atoms with Crippen molar-refractivity contribution in [3.8, 4) is 5.75 Å². The lowest BCUT2D eigenvalue weighted by molar-refractivity contribution is 0.0959. The first-order valence-electron chi connectivity index (χ1n) is 8.34. The van der Waals surface area contributed by atoms with Gasteiger partial charge >= 0.3 is 0 Å². The molecule has 3 rings (SSSR count). The van der Waals surface area contributed by atoms with Gasteiger partial charge < -0.3 is 15.7 Å². The lowest BCUT2D eigenvalue weighted by Gasteiger charge is -2.09. The average molecular weight is 419 g/mol. The van der Waals surface area contributed by atoms with Crippen molar-refractivity contribution < 1.29 is 19.1 Å². The van der Waals surface area contributed by atoms with Gasteiger partial charge in [0.1, 0.15) is 16.4 Å². The molecule has 0 saturated heterocycles. The van der Waals surface area contributed by atoms with E-state index in [0.29, 0.717) is 22.5 Å². The SMILES string of the molecule is O=C(Nc1ccsc1C(=O)NCCc1ccccc1F)c1ccc(O)c(Cl)c1. The number of carbonyl (C=O) groups is 2. The zero-order chi connectivity index (χ0) is 20.1. The van der Waals surface area contributed by atoms with Crippen LogP contribution in [0.5, 0.6) is 5.75 Å². The number of nitrogens with one attached hydrogen (secondary N) is 2. The van der Waals surface area contributed by atoms with Crippen molar-refractivity contribution in [2.45, 2.75) is 6.42 Å². The van der Waals surface area contributed by atoms with Gasteiger partial charge in [0, 0.05) is 12.1 Å². The van der Waals surface area contributed by atoms with Crippen molar-refractivity contribution in [3.63, 3.8) is 0 Å². The molecule has 0 aliphatic rings. The van der Waals surface area contributed by atoms with Crippen LogP contribution in [0.25, 0.3) is 0 Å². The van der Waals surface area contributed by atoms with Gasteiger partial charge in [-0.3, -0.25) is 9.59 Å². The van der Waals surface area contributed by atoms with E-state index in [2.05, 4.69) is 10.6 Å². The average Bonchev–Trinajstić information content (AvgIpc) is 3.13. The molecule has 0 unspecified atom stereocenters. The number of amides is 2. The summed E-state index contributed by atoms with van der Waals surface area (Å²) in [5, 5.41) is 16.6. The van der Waals surface area contributed by atoms with Crippen LogP contribution in [-0.4, -0.2) is 23.5 Å². The molecule has 0 bridgehead atoms. The fourth-order valence-electron chi connectivity index (χ4n) is 2.52. The molecule has 5 nitrogen and oxygen atoms in total. The summed E-state index contributed by atoms with van der Waals surface area (Å²) in [5.74, 6) is -1.25. The van der Waals surface area contributed by atoms with Gasteiger partial charge in [0.05, 0.1) is 10.7 Å². The van der Waals surface area contributed by atoms with Gasteiger partial charge in [-0.1, -0.05) is 29.8 Å². The van der Waals surface area contributed by atoms with Crippen molar-refractivity contribution in [1.82, 2.24) is 5.32 Å². The molecule has 8 heteroatoms. The molecule has 2 amide bonds. The molecule has 0 fully saturated rings. The molecule has 0 radical (unpaired) electrons. The highest BCUT2D eigenvalue weighted by molar-refractivity contribution is 7.12. The van der Waals surface area contributed by atoms with Crippen LogP contribution in [0.4, 0.5) is 10.1 Å². The number of phenolic OH excluding ortho intramolecular Hbond substituents is 1. The number of halogens is 2. The predicted octanol–water partition coefficient (Wildman–Crippen LogP) is 4.47. The monoisotopic (exact) mass is 418 g/mol. The van der Waals surface area contributed by atoms with E-state index < -0.39 is 5.91 Å². The standard InChI is InChI=1S/C20H16ClFN2O3S/c21-14-11-13(5-6-17(14)25)19(26)24-16-8-10-28-18(16)20(27)23-9-7-12-3-1-2-4-15(12)22/h1-6,8,10-11,25H,7,9H2,(H,23,27)(H,24,26). The Hall–Kier alpha value is -2.90. The summed E-state index contributed by atoms with van der Waals surface area (Å²) < 4.78 is 13.6. The Bertz CT molecular complexity index is 1020. The molecule has 0 aliphatic heterocycles. The van der Waals surface area contributed by atoms with E-state index in [1.807, 2.05) is 0 Å². The van der Waals surface area contributed by atoms with E-state index in [9.17, 15) is 19.1 Å². The molecule has 1 heterocycles. The molecule has 28 heavy (non-hydrogen) atoms. The predicted molar refractivity (Wildman–Crippen MR) is 108 cm³/mol. The van der Waals surface area contributed by atoms with E-state index >= 15 is 0 Å². The van der Waals surface area contributed by atoms with Gasteiger partial charge in [0.15, 0.2) is 0 Å². The number of rotatable bonds is 6. The third-order valence-corrected chi connectivity index (χ3v) is 5.18. The van der Waals surface area contributed by atoms with Gasteiger partial charge in [0.25, 0.3) is 11.8 Å². The van der Waals surface area contributed by atoms with Gasteiger partial charge in [-0.05, 0) is 47.7 Å². The maximum Gasteiger partial charge on any atom is 0.263 e. The first-order chi connectivity index (χ1) is 13.5. The fourth-order valence-corrected chi connectivity index (χ4v) is 3.46. The first kappa shape index (κ1) is 19.9. The highest BCUT2D eigenvalue weighted by Crippen LogP contribution is 2.26. The Labute approximate surface area is 169 Å². The van der Waals surface area contributed by atoms with Crippen LogP contribution >= 0.6 is 22.9 Å². The van der Waals surface area contributed by atoms with Crippen molar-refractivity contribution >= 4 is 40.4 Å². The first-order valence-corrected chi connectivity index (χ1v) is 9.60. The van der Waals surface area contributed by atoms with Gasteiger partial charge in [-0.2, -0.15) is 0 Å². The molecule has 0 spiro atoms. The number of hydrogen-bond acceptors (Lipinski definition) is 4. The molecule has 144 valence electrons. The zero-order valence-electron chi connectivity index (χ0n) is 14.5. The summed E-state index contributed by atoms with van der Waals surface area (Å²) in [6, 6.07) is 12.1. The summed E-state index contributed by atoms with van der Waals surface area (Å²) in [4.78, 5) is 25.1. The third-order valence-electron chi connectivity index (χ3n) is 3.97. The molecule has 3 aromatic rings. The van der Waals surface area contributed by atoms with E-state index in [4.69, 9.17) is 11.6 Å². The van der Waals surface area contributed by atoms with Crippen LogP contribution in [0.15, 0.2) is 53.9 Å². The summed E-state index contributed by atoms with van der Waals surface area (Å²) in [6.07, 6.45) is 0.359. The largest absolute Gasteiger partial charge is 0.506 e. The Morgan fingerprint density at radius 1 is 1.11 bits per heavy atom. The number of thiophene rings is 1. The van der Waals surface area contributed by atoms with Crippen LogP contribution in [0, 0.1) is 5.82 Å². The van der Waals surface area contributed by atoms with Crippen LogP contribution < -0.4 is 10.6 Å². The zero-order valence-corrected chi connectivity index (χ0v) is 16.1. The van der Waals surface area contributed by atoms with Gasteiger partial charge in [0.2, 0.25) is 0 Å². The van der Waals surface area contributed by atoms with Crippen LogP contribution in [0.2, 0.25) is 5.02 Å². The molecule has 0 atom stereocenters. The van der Waals surface area contributed by atoms with Crippen molar-refractivity contribution in [3.05, 3.63) is 80.8 Å². The number of carbonyl (C=O) groups excluding carboxylic acids is 2. The Morgan fingerprint density at radius 2 is 1.89 bits per heavy atom. The normalized spacial score (nSPS) is 10.5. The van der Waals surface area contributed by atoms with Crippen LogP contribution in [0.3, 0.4) is 0 Å². The summed E-state index contributed by atoms with van der Waals surface area (Å²) in [5.41, 5.74) is 1.13. The fraction of sp³-hybridized carbons (Fsp3) is 0.100. The van der Waals surface area contributed by atoms with E-state index in [1.165, 1.54) is 35.6 Å². The van der Waals surface area contributed by atoms with Gasteiger partial charge in [-0.15, -0.1) is 11.3 Å². The Balaban J connectivity index is 1.62.